The number of rotatable bonds is 6. The Morgan fingerprint density at radius 2 is 1.90 bits per heavy atom. The first-order valence-corrected chi connectivity index (χ1v) is 10.6. The van der Waals surface area contributed by atoms with Gasteiger partial charge in [0, 0.05) is 17.4 Å². The second-order valence-corrected chi connectivity index (χ2v) is 7.85. The standard InChI is InChI=1S/C21H22N6OS/c1-14-11-15-7-5-6-10-17(15)27(14)19(28)13-29-12-18-24-20(22)26-21(25-18)23-16-8-3-2-4-9-16/h2-10,14H,11-13H2,1H3,(H3,22,23,24,25,26)/t14-/m1/s1. The molecule has 8 heteroatoms. The SMILES string of the molecule is C[C@@H]1Cc2ccccc2N1C(=O)CSCc1nc(N)nc(Nc2ccccc2)n1. The Labute approximate surface area is 173 Å². The topological polar surface area (TPSA) is 97.0 Å². The quantitative estimate of drug-likeness (QED) is 0.647. The van der Waals surface area contributed by atoms with Gasteiger partial charge in [-0.15, -0.1) is 11.8 Å². The minimum Gasteiger partial charge on any atom is -0.368 e. The number of nitrogens with two attached hydrogens (primary N) is 1. The summed E-state index contributed by atoms with van der Waals surface area (Å²) in [5.74, 6) is 2.02. The minimum atomic E-state index is 0.0945. The number of hydrogen-bond acceptors (Lipinski definition) is 7. The second kappa shape index (κ2) is 8.48. The van der Waals surface area contributed by atoms with Crippen LogP contribution in [0.5, 0.6) is 0 Å². The molecule has 0 radical (unpaired) electrons. The number of carbonyl (C=O) groups is 1. The number of nitrogen functional groups attached to an aromatic ring is 1. The third-order valence-corrected chi connectivity index (χ3v) is 5.57. The molecular formula is C21H22N6OS. The highest BCUT2D eigenvalue weighted by Gasteiger charge is 2.30. The summed E-state index contributed by atoms with van der Waals surface area (Å²) in [5, 5.41) is 3.12. The fraction of sp³-hybridized carbons (Fsp3) is 0.238. The van der Waals surface area contributed by atoms with Crippen molar-refractivity contribution in [3.8, 4) is 0 Å². The first-order valence-electron chi connectivity index (χ1n) is 9.40. The van der Waals surface area contributed by atoms with Crippen LogP contribution in [0.4, 0.5) is 23.3 Å². The van der Waals surface area contributed by atoms with Crippen LogP contribution in [0, 0.1) is 0 Å². The van der Waals surface area contributed by atoms with E-state index in [1.54, 1.807) is 0 Å². The first kappa shape index (κ1) is 19.2. The summed E-state index contributed by atoms with van der Waals surface area (Å²) >= 11 is 1.47. The Hall–Kier alpha value is -3.13. The maximum absolute atomic E-state index is 12.8. The zero-order valence-corrected chi connectivity index (χ0v) is 16.9. The molecular weight excluding hydrogens is 384 g/mol. The summed E-state index contributed by atoms with van der Waals surface area (Å²) < 4.78 is 0. The van der Waals surface area contributed by atoms with Crippen LogP contribution >= 0.6 is 11.8 Å². The molecule has 0 aliphatic carbocycles. The Kier molecular flexibility index (Phi) is 5.62. The third kappa shape index (κ3) is 4.48. The molecule has 1 aliphatic rings. The molecule has 2 heterocycles. The molecule has 1 atom stereocenters. The Bertz CT molecular complexity index is 1010. The number of carbonyl (C=O) groups excluding carboxylic acids is 1. The number of amides is 1. The van der Waals surface area contributed by atoms with Crippen molar-refractivity contribution in [2.24, 2.45) is 0 Å². The van der Waals surface area contributed by atoms with Crippen molar-refractivity contribution >= 4 is 40.9 Å². The predicted molar refractivity (Wildman–Crippen MR) is 117 cm³/mol. The van der Waals surface area contributed by atoms with Crippen LogP contribution in [-0.2, 0) is 17.0 Å². The van der Waals surface area contributed by atoms with Crippen molar-refractivity contribution in [2.75, 3.05) is 21.7 Å². The van der Waals surface area contributed by atoms with Crippen molar-refractivity contribution in [3.63, 3.8) is 0 Å². The van der Waals surface area contributed by atoms with E-state index in [4.69, 9.17) is 5.73 Å². The molecule has 3 N–H and O–H groups in total. The molecule has 148 valence electrons. The van der Waals surface area contributed by atoms with Crippen LogP contribution in [-0.4, -0.2) is 32.7 Å². The summed E-state index contributed by atoms with van der Waals surface area (Å²) in [6, 6.07) is 17.9. The maximum Gasteiger partial charge on any atom is 0.237 e. The molecule has 3 aromatic rings. The number of nitrogens with zero attached hydrogens (tertiary/aromatic N) is 4. The van der Waals surface area contributed by atoms with Crippen molar-refractivity contribution in [1.82, 2.24) is 15.0 Å². The van der Waals surface area contributed by atoms with Gasteiger partial charge in [-0.3, -0.25) is 4.79 Å². The van der Waals surface area contributed by atoms with Crippen molar-refractivity contribution < 1.29 is 4.79 Å². The molecule has 0 saturated carbocycles. The molecule has 7 nitrogen and oxygen atoms in total. The summed E-state index contributed by atoms with van der Waals surface area (Å²) in [4.78, 5) is 27.4. The Balaban J connectivity index is 1.38. The zero-order chi connectivity index (χ0) is 20.2. The molecule has 0 unspecified atom stereocenters. The van der Waals surface area contributed by atoms with Gasteiger partial charge in [-0.2, -0.15) is 15.0 Å². The average Bonchev–Trinajstić information content (AvgIpc) is 3.04. The van der Waals surface area contributed by atoms with Crippen molar-refractivity contribution in [3.05, 3.63) is 66.0 Å². The van der Waals surface area contributed by atoms with Crippen LogP contribution < -0.4 is 16.0 Å². The average molecular weight is 407 g/mol. The van der Waals surface area contributed by atoms with Gasteiger partial charge in [0.05, 0.1) is 11.5 Å². The molecule has 1 aromatic heterocycles. The lowest BCUT2D eigenvalue weighted by molar-refractivity contribution is -0.116. The Morgan fingerprint density at radius 3 is 2.72 bits per heavy atom. The van der Waals surface area contributed by atoms with Gasteiger partial charge in [0.1, 0.15) is 5.82 Å². The Morgan fingerprint density at radius 1 is 1.14 bits per heavy atom. The van der Waals surface area contributed by atoms with Gasteiger partial charge >= 0.3 is 0 Å². The summed E-state index contributed by atoms with van der Waals surface area (Å²) in [5.41, 5.74) is 8.94. The molecule has 1 amide bonds. The number of benzene rings is 2. The number of para-hydroxylation sites is 2. The van der Waals surface area contributed by atoms with Crippen molar-refractivity contribution in [2.45, 2.75) is 25.1 Å². The summed E-state index contributed by atoms with van der Waals surface area (Å²) in [7, 11) is 0. The van der Waals surface area contributed by atoms with E-state index in [0.717, 1.165) is 17.8 Å². The van der Waals surface area contributed by atoms with Crippen LogP contribution in [0.3, 0.4) is 0 Å². The molecule has 0 fully saturated rings. The second-order valence-electron chi connectivity index (χ2n) is 6.86. The number of fused-ring (bicyclic) bond motifs is 1. The van der Waals surface area contributed by atoms with Gasteiger partial charge in [0.15, 0.2) is 0 Å². The molecule has 0 saturated heterocycles. The van der Waals surface area contributed by atoms with E-state index in [1.807, 2.05) is 53.4 Å². The fourth-order valence-electron chi connectivity index (χ4n) is 3.45. The fourth-order valence-corrected chi connectivity index (χ4v) is 4.18. The number of nitrogens with one attached hydrogen (secondary N) is 1. The number of anilines is 4. The summed E-state index contributed by atoms with van der Waals surface area (Å²) in [6.07, 6.45) is 0.894. The number of thioether (sulfide) groups is 1. The van der Waals surface area contributed by atoms with Gasteiger partial charge < -0.3 is 16.0 Å². The normalized spacial score (nSPS) is 15.2. The van der Waals surface area contributed by atoms with Crippen LogP contribution in [0.15, 0.2) is 54.6 Å². The van der Waals surface area contributed by atoms with E-state index in [-0.39, 0.29) is 17.9 Å². The van der Waals surface area contributed by atoms with Gasteiger partial charge in [0.25, 0.3) is 0 Å². The first-order chi connectivity index (χ1) is 14.1. The summed E-state index contributed by atoms with van der Waals surface area (Å²) in [6.45, 7) is 2.08. The lowest BCUT2D eigenvalue weighted by Gasteiger charge is -2.22. The van der Waals surface area contributed by atoms with Crippen LogP contribution in [0.2, 0.25) is 0 Å². The van der Waals surface area contributed by atoms with Crippen LogP contribution in [0.1, 0.15) is 18.3 Å². The zero-order valence-electron chi connectivity index (χ0n) is 16.1. The highest BCUT2D eigenvalue weighted by molar-refractivity contribution is 7.99. The van der Waals surface area contributed by atoms with E-state index in [0.29, 0.717) is 23.3 Å². The predicted octanol–water partition coefficient (Wildman–Crippen LogP) is 3.41. The molecule has 1 aliphatic heterocycles. The molecule has 29 heavy (non-hydrogen) atoms. The lowest BCUT2D eigenvalue weighted by Crippen LogP contribution is -2.37. The minimum absolute atomic E-state index is 0.0945. The van der Waals surface area contributed by atoms with E-state index in [9.17, 15) is 4.79 Å². The number of aromatic nitrogens is 3. The molecule has 2 aromatic carbocycles. The van der Waals surface area contributed by atoms with Gasteiger partial charge in [-0.05, 0) is 37.1 Å². The van der Waals surface area contributed by atoms with E-state index in [2.05, 4.69) is 33.3 Å². The molecule has 0 bridgehead atoms. The van der Waals surface area contributed by atoms with E-state index in [1.165, 1.54) is 17.3 Å². The highest BCUT2D eigenvalue weighted by Crippen LogP contribution is 2.32. The highest BCUT2D eigenvalue weighted by atomic mass is 32.2. The third-order valence-electron chi connectivity index (χ3n) is 4.66. The number of hydrogen-bond donors (Lipinski definition) is 2. The molecule has 0 spiro atoms. The van der Waals surface area contributed by atoms with Gasteiger partial charge in [0.2, 0.25) is 17.8 Å². The molecule has 4 rings (SSSR count). The van der Waals surface area contributed by atoms with Gasteiger partial charge in [-0.1, -0.05) is 36.4 Å². The van der Waals surface area contributed by atoms with E-state index >= 15 is 0 Å². The van der Waals surface area contributed by atoms with Gasteiger partial charge in [-0.25, -0.2) is 0 Å². The largest absolute Gasteiger partial charge is 0.368 e. The van der Waals surface area contributed by atoms with Crippen molar-refractivity contribution in [1.29, 1.82) is 0 Å². The van der Waals surface area contributed by atoms with E-state index < -0.39 is 0 Å². The smallest absolute Gasteiger partial charge is 0.237 e. The monoisotopic (exact) mass is 406 g/mol. The van der Waals surface area contributed by atoms with Crippen LogP contribution in [0.25, 0.3) is 0 Å². The maximum atomic E-state index is 12.8. The lowest BCUT2D eigenvalue weighted by atomic mass is 10.1.